The summed E-state index contributed by atoms with van der Waals surface area (Å²) in [5.41, 5.74) is 0. The third-order valence-corrected chi connectivity index (χ3v) is 3.00. The van der Waals surface area contributed by atoms with Gasteiger partial charge < -0.3 is 0 Å². The first-order valence-electron chi connectivity index (χ1n) is 3.57. The van der Waals surface area contributed by atoms with Gasteiger partial charge in [0.2, 0.25) is 0 Å². The van der Waals surface area contributed by atoms with Crippen LogP contribution in [0.4, 0.5) is 0 Å². The Morgan fingerprint density at radius 2 is 2.00 bits per heavy atom. The zero-order chi connectivity index (χ0) is 8.97. The molecular weight excluding hydrogens is 198 g/mol. The molecule has 1 aliphatic heterocycles. The smallest absolute Gasteiger partial charge is 0.255 e. The summed E-state index contributed by atoms with van der Waals surface area (Å²) in [6.45, 7) is 1.97. The maximum Gasteiger partial charge on any atom is 0.255 e. The molecule has 1 heterocycles. The van der Waals surface area contributed by atoms with E-state index in [1.165, 1.54) is 10.8 Å². The molecule has 1 fully saturated rings. The number of carbonyl (C=O) groups excluding carboxylic acids is 2. The molecule has 68 valence electrons. The van der Waals surface area contributed by atoms with Crippen molar-refractivity contribution in [3.05, 3.63) is 0 Å². The lowest BCUT2D eigenvalue weighted by Crippen LogP contribution is -2.26. The average molecular weight is 207 g/mol. The Morgan fingerprint density at radius 1 is 1.42 bits per heavy atom. The first-order chi connectivity index (χ1) is 5.75. The van der Waals surface area contributed by atoms with Gasteiger partial charge in [0.15, 0.2) is 0 Å². The minimum absolute atomic E-state index is 0.246. The molecule has 0 atom stereocenters. The number of imide groups is 1. The predicted molar refractivity (Wildman–Crippen MR) is 47.9 cm³/mol. The molecule has 0 saturated carbocycles. The van der Waals surface area contributed by atoms with Gasteiger partial charge >= 0.3 is 0 Å². The van der Waals surface area contributed by atoms with Crippen LogP contribution in [0.15, 0.2) is 0 Å². The van der Waals surface area contributed by atoms with Gasteiger partial charge in [0.25, 0.3) is 11.8 Å². The number of amides is 2. The lowest BCUT2D eigenvalue weighted by Gasteiger charge is -2.09. The first kappa shape index (κ1) is 9.88. The van der Waals surface area contributed by atoms with E-state index in [4.69, 9.17) is 4.28 Å². The second-order valence-electron chi connectivity index (χ2n) is 2.13. The summed E-state index contributed by atoms with van der Waals surface area (Å²) in [5, 5.41) is 0.841. The highest BCUT2D eigenvalue weighted by Gasteiger charge is 2.30. The van der Waals surface area contributed by atoms with Gasteiger partial charge in [0.05, 0.1) is 11.1 Å². The minimum atomic E-state index is -0.246. The van der Waals surface area contributed by atoms with E-state index in [-0.39, 0.29) is 24.7 Å². The van der Waals surface area contributed by atoms with Crippen LogP contribution in [0.1, 0.15) is 19.8 Å². The van der Waals surface area contributed by atoms with Crippen molar-refractivity contribution in [3.8, 4) is 0 Å². The second-order valence-corrected chi connectivity index (χ2v) is 4.34. The van der Waals surface area contributed by atoms with Crippen LogP contribution in [0.25, 0.3) is 0 Å². The van der Waals surface area contributed by atoms with Gasteiger partial charge in [-0.2, -0.15) is 4.28 Å². The van der Waals surface area contributed by atoms with E-state index in [0.29, 0.717) is 0 Å². The van der Waals surface area contributed by atoms with Crippen LogP contribution in [0.3, 0.4) is 0 Å². The zero-order valence-corrected chi connectivity index (χ0v) is 8.24. The van der Waals surface area contributed by atoms with E-state index >= 15 is 0 Å². The summed E-state index contributed by atoms with van der Waals surface area (Å²) in [5.74, 6) is 0.384. The fourth-order valence-electron chi connectivity index (χ4n) is 0.739. The Bertz CT molecular complexity index is 181. The highest BCUT2D eigenvalue weighted by Crippen LogP contribution is 2.26. The number of rotatable bonds is 4. The van der Waals surface area contributed by atoms with E-state index in [0.717, 1.165) is 21.9 Å². The zero-order valence-electron chi connectivity index (χ0n) is 6.61. The van der Waals surface area contributed by atoms with Crippen molar-refractivity contribution >= 4 is 33.7 Å². The summed E-state index contributed by atoms with van der Waals surface area (Å²) in [6, 6.07) is 0. The predicted octanol–water partition coefficient (Wildman–Crippen LogP) is 1.38. The van der Waals surface area contributed by atoms with Crippen LogP contribution in [0.5, 0.6) is 0 Å². The minimum Gasteiger partial charge on any atom is -0.272 e. The Labute approximate surface area is 78.6 Å². The average Bonchev–Trinajstić information content (AvgIpc) is 2.35. The summed E-state index contributed by atoms with van der Waals surface area (Å²) in [4.78, 5) is 21.9. The van der Waals surface area contributed by atoms with Gasteiger partial charge in [0.1, 0.15) is 0 Å². The number of hydroxylamine groups is 2. The van der Waals surface area contributed by atoms with Crippen LogP contribution < -0.4 is 0 Å². The molecule has 1 saturated heterocycles. The monoisotopic (exact) mass is 207 g/mol. The molecule has 2 amide bonds. The second kappa shape index (κ2) is 4.74. The molecule has 0 N–H and O–H groups in total. The topological polar surface area (TPSA) is 46.6 Å². The quantitative estimate of drug-likeness (QED) is 0.302. The Hall–Kier alpha value is -0.200. The van der Waals surface area contributed by atoms with Crippen LogP contribution >= 0.6 is 21.9 Å². The molecule has 1 aliphatic rings. The van der Waals surface area contributed by atoms with Crippen molar-refractivity contribution < 1.29 is 13.9 Å². The van der Waals surface area contributed by atoms with E-state index in [2.05, 4.69) is 0 Å². The summed E-state index contributed by atoms with van der Waals surface area (Å²) in [6.07, 6.45) is 0.548. The fourth-order valence-corrected chi connectivity index (χ4v) is 1.71. The van der Waals surface area contributed by atoms with Crippen LogP contribution in [0, 0.1) is 0 Å². The van der Waals surface area contributed by atoms with E-state index in [1.54, 1.807) is 0 Å². The molecule has 0 bridgehead atoms. The summed E-state index contributed by atoms with van der Waals surface area (Å²) < 4.78 is 4.88. The molecule has 4 nitrogen and oxygen atoms in total. The van der Waals surface area contributed by atoms with E-state index in [1.807, 2.05) is 6.92 Å². The van der Waals surface area contributed by atoms with Crippen LogP contribution in [-0.2, 0) is 13.9 Å². The number of hydrogen-bond donors (Lipinski definition) is 0. The summed E-state index contributed by atoms with van der Waals surface area (Å²) >= 11 is 1.06. The van der Waals surface area contributed by atoms with Crippen molar-refractivity contribution in [1.82, 2.24) is 5.06 Å². The normalized spacial score (nSPS) is 17.6. The lowest BCUT2D eigenvalue weighted by atomic mass is 10.4. The Kier molecular flexibility index (Phi) is 3.90. The fraction of sp³-hybridized carbons (Fsp3) is 0.667. The molecule has 0 aromatic rings. The van der Waals surface area contributed by atoms with Crippen molar-refractivity contribution in [3.63, 3.8) is 0 Å². The Morgan fingerprint density at radius 3 is 2.50 bits per heavy atom. The number of carbonyl (C=O) groups is 2. The van der Waals surface area contributed by atoms with Crippen molar-refractivity contribution in [1.29, 1.82) is 0 Å². The van der Waals surface area contributed by atoms with Gasteiger partial charge in [0, 0.05) is 18.6 Å². The maximum atomic E-state index is 10.9. The van der Waals surface area contributed by atoms with Gasteiger partial charge in [-0.15, -0.1) is 5.06 Å². The van der Waals surface area contributed by atoms with Crippen molar-refractivity contribution in [2.24, 2.45) is 0 Å². The lowest BCUT2D eigenvalue weighted by molar-refractivity contribution is -0.161. The molecule has 0 aromatic heterocycles. The highest BCUT2D eigenvalue weighted by atomic mass is 33.1. The maximum absolute atomic E-state index is 10.9. The molecule has 0 radical (unpaired) electrons. The molecule has 0 aliphatic carbocycles. The number of hydrogen-bond acceptors (Lipinski definition) is 5. The molecule has 1 rings (SSSR count). The Balaban J connectivity index is 2.30. The van der Waals surface area contributed by atoms with Gasteiger partial charge in [-0.25, -0.2) is 0 Å². The highest BCUT2D eigenvalue weighted by molar-refractivity contribution is 8.74. The van der Waals surface area contributed by atoms with Crippen LogP contribution in [0.2, 0.25) is 0 Å². The SMILES string of the molecule is CCSSON1C(=O)CCC1=O. The van der Waals surface area contributed by atoms with Crippen LogP contribution in [-0.4, -0.2) is 22.6 Å². The van der Waals surface area contributed by atoms with Gasteiger partial charge in [-0.3, -0.25) is 9.59 Å². The standard InChI is InChI=1S/C6H9NO3S2/c1-2-11-12-10-7-5(8)3-4-6(7)9/h2-4H2,1H3. The molecule has 0 unspecified atom stereocenters. The van der Waals surface area contributed by atoms with Gasteiger partial charge in [-0.05, 0) is 0 Å². The molecule has 0 aromatic carbocycles. The third kappa shape index (κ3) is 2.40. The summed E-state index contributed by atoms with van der Waals surface area (Å²) in [7, 11) is 1.45. The molecule has 12 heavy (non-hydrogen) atoms. The van der Waals surface area contributed by atoms with Gasteiger partial charge in [-0.1, -0.05) is 17.7 Å². The molecule has 0 spiro atoms. The molecule has 6 heteroatoms. The van der Waals surface area contributed by atoms with E-state index < -0.39 is 0 Å². The largest absolute Gasteiger partial charge is 0.272 e. The first-order valence-corrected chi connectivity index (χ1v) is 5.82. The van der Waals surface area contributed by atoms with E-state index in [9.17, 15) is 9.59 Å². The van der Waals surface area contributed by atoms with Crippen molar-refractivity contribution in [2.45, 2.75) is 19.8 Å². The number of nitrogens with zero attached hydrogens (tertiary/aromatic N) is 1. The van der Waals surface area contributed by atoms with Crippen molar-refractivity contribution in [2.75, 3.05) is 5.75 Å². The third-order valence-electron chi connectivity index (χ3n) is 1.28. The molecular formula is C6H9NO3S2.